The average Bonchev–Trinajstić information content (AvgIpc) is 2.89. The second-order valence-corrected chi connectivity index (χ2v) is 6.90. The molecule has 0 radical (unpaired) electrons. The van der Waals surface area contributed by atoms with E-state index in [1.165, 1.54) is 25.7 Å². The molecule has 3 fully saturated rings. The van der Waals surface area contributed by atoms with Gasteiger partial charge in [-0.3, -0.25) is 0 Å². The molecule has 5 unspecified atom stereocenters. The van der Waals surface area contributed by atoms with Crippen LogP contribution in [0.25, 0.3) is 0 Å². The lowest BCUT2D eigenvalue weighted by molar-refractivity contribution is -0.195. The van der Waals surface area contributed by atoms with Crippen molar-refractivity contribution in [3.63, 3.8) is 0 Å². The molecule has 1 aliphatic carbocycles. The Balaban J connectivity index is 1.61. The van der Waals surface area contributed by atoms with Crippen LogP contribution in [0.3, 0.4) is 0 Å². The maximum absolute atomic E-state index is 5.96. The van der Waals surface area contributed by atoms with E-state index in [1.54, 1.807) is 0 Å². The summed E-state index contributed by atoms with van der Waals surface area (Å²) in [6, 6.07) is 1.07. The highest BCUT2D eigenvalue weighted by Crippen LogP contribution is 2.51. The summed E-state index contributed by atoms with van der Waals surface area (Å²) < 4.78 is 11.8. The van der Waals surface area contributed by atoms with Gasteiger partial charge in [0.25, 0.3) is 0 Å². The fraction of sp³-hybridized carbons (Fsp3) is 1.00. The summed E-state index contributed by atoms with van der Waals surface area (Å²) in [6.45, 7) is 8.88. The van der Waals surface area contributed by atoms with Crippen LogP contribution in [0.15, 0.2) is 0 Å². The van der Waals surface area contributed by atoms with Crippen LogP contribution in [0, 0.1) is 11.3 Å². The van der Waals surface area contributed by atoms with E-state index in [1.807, 2.05) is 0 Å². The first-order valence-corrected chi connectivity index (χ1v) is 7.60. The molecule has 3 aliphatic rings. The van der Waals surface area contributed by atoms with Crippen molar-refractivity contribution in [2.45, 2.75) is 70.7 Å². The minimum absolute atomic E-state index is 0.276. The van der Waals surface area contributed by atoms with E-state index in [-0.39, 0.29) is 5.41 Å². The maximum Gasteiger partial charge on any atom is 0.0726 e. The molecule has 2 heterocycles. The SMILES string of the molecule is CC(NC1C2CCCOC2C1(C)C)C1CCCO1. The molecule has 18 heavy (non-hydrogen) atoms. The third kappa shape index (κ3) is 2.00. The summed E-state index contributed by atoms with van der Waals surface area (Å²) in [4.78, 5) is 0. The molecule has 3 heteroatoms. The number of hydrogen-bond donors (Lipinski definition) is 1. The Morgan fingerprint density at radius 1 is 1.11 bits per heavy atom. The van der Waals surface area contributed by atoms with Crippen molar-refractivity contribution < 1.29 is 9.47 Å². The van der Waals surface area contributed by atoms with Crippen LogP contribution in [0.2, 0.25) is 0 Å². The summed E-state index contributed by atoms with van der Waals surface area (Å²) in [5, 5.41) is 3.84. The summed E-state index contributed by atoms with van der Waals surface area (Å²) >= 11 is 0. The van der Waals surface area contributed by atoms with E-state index in [0.717, 1.165) is 19.1 Å². The van der Waals surface area contributed by atoms with Crippen LogP contribution in [0.4, 0.5) is 0 Å². The smallest absolute Gasteiger partial charge is 0.0726 e. The Bertz CT molecular complexity index is 299. The number of fused-ring (bicyclic) bond motifs is 1. The summed E-state index contributed by atoms with van der Waals surface area (Å²) in [5.74, 6) is 0.720. The van der Waals surface area contributed by atoms with Crippen LogP contribution >= 0.6 is 0 Å². The van der Waals surface area contributed by atoms with Gasteiger partial charge in [-0.15, -0.1) is 0 Å². The fourth-order valence-corrected chi connectivity index (χ4v) is 4.25. The van der Waals surface area contributed by atoms with Crippen LogP contribution in [0.1, 0.15) is 46.5 Å². The highest BCUT2D eigenvalue weighted by atomic mass is 16.5. The molecular formula is C15H27NO2. The van der Waals surface area contributed by atoms with E-state index in [4.69, 9.17) is 9.47 Å². The molecule has 3 rings (SSSR count). The Morgan fingerprint density at radius 3 is 2.56 bits per heavy atom. The molecule has 2 saturated heterocycles. The number of nitrogens with one attached hydrogen (secondary N) is 1. The zero-order valence-electron chi connectivity index (χ0n) is 11.9. The lowest BCUT2D eigenvalue weighted by Crippen LogP contribution is -2.71. The molecule has 2 aliphatic heterocycles. The summed E-state index contributed by atoms with van der Waals surface area (Å²) in [7, 11) is 0. The van der Waals surface area contributed by atoms with Gasteiger partial charge in [-0.25, -0.2) is 0 Å². The van der Waals surface area contributed by atoms with Gasteiger partial charge in [-0.2, -0.15) is 0 Å². The predicted molar refractivity (Wildman–Crippen MR) is 71.6 cm³/mol. The van der Waals surface area contributed by atoms with Crippen molar-refractivity contribution in [1.82, 2.24) is 5.32 Å². The fourth-order valence-electron chi connectivity index (χ4n) is 4.25. The maximum atomic E-state index is 5.96. The third-order valence-corrected chi connectivity index (χ3v) is 5.30. The van der Waals surface area contributed by atoms with Gasteiger partial charge >= 0.3 is 0 Å². The van der Waals surface area contributed by atoms with Gasteiger partial charge in [-0.1, -0.05) is 13.8 Å². The van der Waals surface area contributed by atoms with E-state index < -0.39 is 0 Å². The highest BCUT2D eigenvalue weighted by Gasteiger charge is 2.58. The molecule has 0 aromatic carbocycles. The topological polar surface area (TPSA) is 30.5 Å². The zero-order chi connectivity index (χ0) is 12.8. The zero-order valence-corrected chi connectivity index (χ0v) is 11.9. The number of rotatable bonds is 3. The first kappa shape index (κ1) is 12.9. The number of hydrogen-bond acceptors (Lipinski definition) is 3. The van der Waals surface area contributed by atoms with Gasteiger partial charge in [0.15, 0.2) is 0 Å². The third-order valence-electron chi connectivity index (χ3n) is 5.30. The van der Waals surface area contributed by atoms with Crippen molar-refractivity contribution in [2.24, 2.45) is 11.3 Å². The molecule has 1 N–H and O–H groups in total. The van der Waals surface area contributed by atoms with Crippen molar-refractivity contribution >= 4 is 0 Å². The molecule has 5 atom stereocenters. The van der Waals surface area contributed by atoms with Gasteiger partial charge in [0, 0.05) is 36.6 Å². The molecule has 0 aromatic heterocycles. The average molecular weight is 253 g/mol. The van der Waals surface area contributed by atoms with Crippen LogP contribution in [0.5, 0.6) is 0 Å². The predicted octanol–water partition coefficient (Wildman–Crippen LogP) is 2.35. The molecule has 3 nitrogen and oxygen atoms in total. The van der Waals surface area contributed by atoms with Crippen LogP contribution in [-0.4, -0.2) is 37.5 Å². The Labute approximate surface area is 111 Å². The lowest BCUT2D eigenvalue weighted by Gasteiger charge is -2.61. The lowest BCUT2D eigenvalue weighted by atomic mass is 9.55. The van der Waals surface area contributed by atoms with Gasteiger partial charge < -0.3 is 14.8 Å². The molecule has 1 saturated carbocycles. The van der Waals surface area contributed by atoms with Crippen LogP contribution in [-0.2, 0) is 9.47 Å². The van der Waals surface area contributed by atoms with Gasteiger partial charge in [0.1, 0.15) is 0 Å². The summed E-state index contributed by atoms with van der Waals surface area (Å²) in [6.07, 6.45) is 5.88. The molecule has 0 aromatic rings. The van der Waals surface area contributed by atoms with Crippen molar-refractivity contribution in [3.8, 4) is 0 Å². The van der Waals surface area contributed by atoms with Gasteiger partial charge in [-0.05, 0) is 32.6 Å². The Hall–Kier alpha value is -0.120. The van der Waals surface area contributed by atoms with Gasteiger partial charge in [0.05, 0.1) is 12.2 Å². The molecule has 0 amide bonds. The van der Waals surface area contributed by atoms with E-state index in [0.29, 0.717) is 24.3 Å². The number of ether oxygens (including phenoxy) is 2. The first-order chi connectivity index (χ1) is 8.60. The molecule has 104 valence electrons. The Kier molecular flexibility index (Phi) is 3.41. The van der Waals surface area contributed by atoms with Gasteiger partial charge in [0.2, 0.25) is 0 Å². The van der Waals surface area contributed by atoms with E-state index in [9.17, 15) is 0 Å². The highest BCUT2D eigenvalue weighted by molar-refractivity contribution is 5.11. The standard InChI is InChI=1S/C15H27NO2/c1-10(12-7-5-8-17-12)16-13-11-6-4-9-18-14(11)15(13,2)3/h10-14,16H,4-9H2,1-3H3. The van der Waals surface area contributed by atoms with Crippen molar-refractivity contribution in [3.05, 3.63) is 0 Å². The molecular weight excluding hydrogens is 226 g/mol. The first-order valence-electron chi connectivity index (χ1n) is 7.60. The quantitative estimate of drug-likeness (QED) is 0.837. The summed E-state index contributed by atoms with van der Waals surface area (Å²) in [5.41, 5.74) is 0.276. The van der Waals surface area contributed by atoms with E-state index >= 15 is 0 Å². The molecule has 0 bridgehead atoms. The minimum atomic E-state index is 0.276. The van der Waals surface area contributed by atoms with Crippen LogP contribution < -0.4 is 5.32 Å². The van der Waals surface area contributed by atoms with Crippen molar-refractivity contribution in [2.75, 3.05) is 13.2 Å². The second-order valence-electron chi connectivity index (χ2n) is 6.90. The van der Waals surface area contributed by atoms with E-state index in [2.05, 4.69) is 26.1 Å². The largest absolute Gasteiger partial charge is 0.377 e. The van der Waals surface area contributed by atoms with Crippen molar-refractivity contribution in [1.29, 1.82) is 0 Å². The monoisotopic (exact) mass is 253 g/mol. The minimum Gasteiger partial charge on any atom is -0.377 e. The molecule has 0 spiro atoms. The normalized spacial score (nSPS) is 44.2. The Morgan fingerprint density at radius 2 is 1.83 bits per heavy atom. The second kappa shape index (κ2) is 4.77.